The van der Waals surface area contributed by atoms with Gasteiger partial charge in [0.05, 0.1) is 6.57 Å². The van der Waals surface area contributed by atoms with E-state index in [9.17, 15) is 4.79 Å². The molecule has 17 heavy (non-hydrogen) atoms. The lowest BCUT2D eigenvalue weighted by Gasteiger charge is -2.07. The van der Waals surface area contributed by atoms with Crippen LogP contribution in [0.25, 0.3) is 10.9 Å². The SMILES string of the molecule is [C-]#[N+]/C(C)=C\c1ccc(NC(=O)C(C)C)cc1. The average molecular weight is 228 g/mol. The van der Waals surface area contributed by atoms with E-state index in [0.29, 0.717) is 5.70 Å². The van der Waals surface area contributed by atoms with Crippen molar-refractivity contribution in [3.05, 3.63) is 46.9 Å². The highest BCUT2D eigenvalue weighted by molar-refractivity contribution is 5.92. The van der Waals surface area contributed by atoms with Gasteiger partial charge >= 0.3 is 0 Å². The molecule has 0 aromatic heterocycles. The average Bonchev–Trinajstić information content (AvgIpc) is 2.31. The van der Waals surface area contributed by atoms with E-state index in [1.54, 1.807) is 13.0 Å². The van der Waals surface area contributed by atoms with Gasteiger partial charge in [0.15, 0.2) is 5.70 Å². The van der Waals surface area contributed by atoms with Crippen LogP contribution in [0.1, 0.15) is 26.3 Å². The molecule has 0 saturated heterocycles. The molecule has 3 heteroatoms. The molecule has 3 nitrogen and oxygen atoms in total. The second-order valence-electron chi connectivity index (χ2n) is 4.16. The molecule has 0 bridgehead atoms. The van der Waals surface area contributed by atoms with Gasteiger partial charge in [-0.05, 0) is 24.6 Å². The van der Waals surface area contributed by atoms with Crippen molar-refractivity contribution in [2.24, 2.45) is 5.92 Å². The third-order valence-corrected chi connectivity index (χ3v) is 2.25. The van der Waals surface area contributed by atoms with Gasteiger partial charge in [0.1, 0.15) is 0 Å². The summed E-state index contributed by atoms with van der Waals surface area (Å²) in [4.78, 5) is 14.8. The Kier molecular flexibility index (Phi) is 4.47. The quantitative estimate of drug-likeness (QED) is 0.788. The highest BCUT2D eigenvalue weighted by Gasteiger charge is 2.06. The van der Waals surface area contributed by atoms with E-state index >= 15 is 0 Å². The number of amides is 1. The molecule has 0 heterocycles. The van der Waals surface area contributed by atoms with Crippen LogP contribution in [0.15, 0.2) is 30.0 Å². The molecule has 1 aromatic rings. The van der Waals surface area contributed by atoms with Gasteiger partial charge in [-0.15, -0.1) is 0 Å². The summed E-state index contributed by atoms with van der Waals surface area (Å²) in [6.07, 6.45) is 1.81. The smallest absolute Gasteiger partial charge is 0.226 e. The fourth-order valence-corrected chi connectivity index (χ4v) is 1.22. The number of hydrogen-bond donors (Lipinski definition) is 1. The molecule has 88 valence electrons. The molecule has 0 aliphatic rings. The summed E-state index contributed by atoms with van der Waals surface area (Å²) in [6.45, 7) is 12.3. The normalized spacial score (nSPS) is 11.1. The molecular formula is C14H16N2O. The van der Waals surface area contributed by atoms with Crippen molar-refractivity contribution >= 4 is 17.7 Å². The lowest BCUT2D eigenvalue weighted by Crippen LogP contribution is -2.17. The van der Waals surface area contributed by atoms with Crippen molar-refractivity contribution in [1.82, 2.24) is 0 Å². The molecule has 1 rings (SSSR count). The van der Waals surface area contributed by atoms with Gasteiger partial charge in [-0.3, -0.25) is 4.79 Å². The number of rotatable bonds is 3. The third kappa shape index (κ3) is 4.12. The number of anilines is 1. The van der Waals surface area contributed by atoms with Crippen LogP contribution < -0.4 is 5.32 Å². The Morgan fingerprint density at radius 3 is 2.41 bits per heavy atom. The van der Waals surface area contributed by atoms with Crippen molar-refractivity contribution in [2.75, 3.05) is 5.32 Å². The molecule has 0 saturated carbocycles. The number of nitrogens with zero attached hydrogens (tertiary/aromatic N) is 1. The van der Waals surface area contributed by atoms with Crippen LogP contribution in [0.5, 0.6) is 0 Å². The second kappa shape index (κ2) is 5.86. The van der Waals surface area contributed by atoms with Gasteiger partial charge in [0.25, 0.3) is 0 Å². The zero-order valence-corrected chi connectivity index (χ0v) is 10.3. The summed E-state index contributed by atoms with van der Waals surface area (Å²) < 4.78 is 0. The minimum atomic E-state index is -0.0288. The fourth-order valence-electron chi connectivity index (χ4n) is 1.22. The van der Waals surface area contributed by atoms with Crippen molar-refractivity contribution in [3.63, 3.8) is 0 Å². The number of carbonyl (C=O) groups is 1. The van der Waals surface area contributed by atoms with Crippen molar-refractivity contribution in [2.45, 2.75) is 20.8 Å². The maximum Gasteiger partial charge on any atom is 0.226 e. The first kappa shape index (κ1) is 13.0. The molecular weight excluding hydrogens is 212 g/mol. The van der Waals surface area contributed by atoms with Crippen molar-refractivity contribution in [1.29, 1.82) is 0 Å². The molecule has 0 unspecified atom stereocenters. The Bertz CT molecular complexity index is 464. The third-order valence-electron chi connectivity index (χ3n) is 2.25. The Morgan fingerprint density at radius 2 is 1.94 bits per heavy atom. The van der Waals surface area contributed by atoms with E-state index in [1.807, 2.05) is 38.1 Å². The highest BCUT2D eigenvalue weighted by Crippen LogP contribution is 2.13. The minimum Gasteiger partial charge on any atom is -0.326 e. The van der Waals surface area contributed by atoms with E-state index < -0.39 is 0 Å². The summed E-state index contributed by atoms with van der Waals surface area (Å²) in [6, 6.07) is 7.43. The molecule has 0 aliphatic carbocycles. The first-order valence-electron chi connectivity index (χ1n) is 5.49. The van der Waals surface area contributed by atoms with Gasteiger partial charge < -0.3 is 5.32 Å². The van der Waals surface area contributed by atoms with Crippen molar-refractivity contribution in [3.8, 4) is 0 Å². The Morgan fingerprint density at radius 1 is 1.35 bits per heavy atom. The predicted molar refractivity (Wildman–Crippen MR) is 70.2 cm³/mol. The van der Waals surface area contributed by atoms with Crippen LogP contribution in [0.3, 0.4) is 0 Å². The van der Waals surface area contributed by atoms with Crippen molar-refractivity contribution < 1.29 is 4.79 Å². The Labute approximate surface area is 102 Å². The maximum absolute atomic E-state index is 11.5. The van der Waals surface area contributed by atoms with Gasteiger partial charge in [-0.1, -0.05) is 32.1 Å². The zero-order chi connectivity index (χ0) is 12.8. The molecule has 1 aromatic carbocycles. The van der Waals surface area contributed by atoms with E-state index in [1.165, 1.54) is 0 Å². The second-order valence-corrected chi connectivity index (χ2v) is 4.16. The zero-order valence-electron chi connectivity index (χ0n) is 10.3. The van der Waals surface area contributed by atoms with Crippen LogP contribution >= 0.6 is 0 Å². The molecule has 0 radical (unpaired) electrons. The van der Waals surface area contributed by atoms with Gasteiger partial charge in [-0.2, -0.15) is 0 Å². The van der Waals surface area contributed by atoms with Crippen LogP contribution in [-0.2, 0) is 4.79 Å². The molecule has 1 N–H and O–H groups in total. The Balaban J connectivity index is 2.76. The van der Waals surface area contributed by atoms with Crippen LogP contribution in [0.4, 0.5) is 5.69 Å². The highest BCUT2D eigenvalue weighted by atomic mass is 16.1. The van der Waals surface area contributed by atoms with Crippen LogP contribution in [0.2, 0.25) is 0 Å². The van der Waals surface area contributed by atoms with E-state index in [4.69, 9.17) is 6.57 Å². The summed E-state index contributed by atoms with van der Waals surface area (Å²) in [5.74, 6) is -0.0236. The first-order valence-corrected chi connectivity index (χ1v) is 5.49. The minimum absolute atomic E-state index is 0.00521. The van der Waals surface area contributed by atoms with Gasteiger partial charge in [-0.25, -0.2) is 4.85 Å². The molecule has 0 fully saturated rings. The summed E-state index contributed by atoms with van der Waals surface area (Å²) in [5.41, 5.74) is 2.38. The number of allylic oxidation sites excluding steroid dienone is 1. The van der Waals surface area contributed by atoms with Crippen LogP contribution in [0, 0.1) is 12.5 Å². The number of nitrogens with one attached hydrogen (secondary N) is 1. The summed E-state index contributed by atoms with van der Waals surface area (Å²) in [7, 11) is 0. The van der Waals surface area contributed by atoms with E-state index in [-0.39, 0.29) is 11.8 Å². The molecule has 1 amide bonds. The predicted octanol–water partition coefficient (Wildman–Crippen LogP) is 3.56. The van der Waals surface area contributed by atoms with Gasteiger partial charge in [0, 0.05) is 11.6 Å². The summed E-state index contributed by atoms with van der Waals surface area (Å²) >= 11 is 0. The van der Waals surface area contributed by atoms with Gasteiger partial charge in [0.2, 0.25) is 5.91 Å². The Hall–Kier alpha value is -2.08. The molecule has 0 aliphatic heterocycles. The molecule has 0 spiro atoms. The number of benzene rings is 1. The topological polar surface area (TPSA) is 33.5 Å². The number of hydrogen-bond acceptors (Lipinski definition) is 1. The van der Waals surface area contributed by atoms with Crippen LogP contribution in [-0.4, -0.2) is 5.91 Å². The maximum atomic E-state index is 11.5. The largest absolute Gasteiger partial charge is 0.326 e. The molecule has 0 atom stereocenters. The number of carbonyl (C=O) groups excluding carboxylic acids is 1. The lowest BCUT2D eigenvalue weighted by molar-refractivity contribution is -0.118. The monoisotopic (exact) mass is 228 g/mol. The van der Waals surface area contributed by atoms with E-state index in [2.05, 4.69) is 10.2 Å². The van der Waals surface area contributed by atoms with E-state index in [0.717, 1.165) is 11.3 Å². The first-order chi connectivity index (χ1) is 8.02. The standard InChI is InChI=1S/C14H16N2O/c1-10(2)14(17)16-13-7-5-12(6-8-13)9-11(3)15-4/h5-10H,1-3H3,(H,16,17)/b11-9-. The fraction of sp³-hybridized carbons (Fsp3) is 0.286. The summed E-state index contributed by atoms with van der Waals surface area (Å²) in [5, 5.41) is 2.82. The lowest BCUT2D eigenvalue weighted by atomic mass is 10.1.